The molecule has 0 bridgehead atoms. The Hall–Kier alpha value is -2.90. The molecule has 1 aromatic carbocycles. The molecule has 1 aromatic rings. The number of hydrogen-bond donors (Lipinski definition) is 2. The van der Waals surface area contributed by atoms with Crippen LogP contribution in [0.2, 0.25) is 0 Å². The summed E-state index contributed by atoms with van der Waals surface area (Å²) in [5, 5.41) is 11.1. The first-order valence-electron chi connectivity index (χ1n) is 6.91. The van der Waals surface area contributed by atoms with Crippen LogP contribution in [-0.2, 0) is 25.5 Å². The minimum atomic E-state index is -1.22. The van der Waals surface area contributed by atoms with E-state index in [0.29, 0.717) is 0 Å². The van der Waals surface area contributed by atoms with Gasteiger partial charge in [0.25, 0.3) is 5.91 Å². The van der Waals surface area contributed by atoms with Crippen molar-refractivity contribution in [3.05, 3.63) is 35.9 Å². The van der Waals surface area contributed by atoms with Gasteiger partial charge in [-0.2, -0.15) is 0 Å². The Morgan fingerprint density at radius 2 is 1.96 bits per heavy atom. The molecule has 1 saturated heterocycles. The number of urea groups is 1. The van der Waals surface area contributed by atoms with Crippen LogP contribution in [0.15, 0.2) is 30.3 Å². The molecular formula is C15H16N2O6. The van der Waals surface area contributed by atoms with Gasteiger partial charge in [0, 0.05) is 6.42 Å². The van der Waals surface area contributed by atoms with E-state index in [-0.39, 0.29) is 6.42 Å². The monoisotopic (exact) mass is 320 g/mol. The van der Waals surface area contributed by atoms with Gasteiger partial charge in [-0.25, -0.2) is 14.5 Å². The Morgan fingerprint density at radius 3 is 2.52 bits per heavy atom. The number of carbonyl (C=O) groups excluding carboxylic acids is 3. The zero-order valence-electron chi connectivity index (χ0n) is 12.4. The van der Waals surface area contributed by atoms with Crippen molar-refractivity contribution in [2.24, 2.45) is 0 Å². The smallest absolute Gasteiger partial charge is 0.329 e. The molecular weight excluding hydrogens is 304 g/mol. The third-order valence-corrected chi connectivity index (χ3v) is 3.49. The summed E-state index contributed by atoms with van der Waals surface area (Å²) in [5.41, 5.74) is 0.741. The highest BCUT2D eigenvalue weighted by Gasteiger charge is 2.45. The van der Waals surface area contributed by atoms with Crippen LogP contribution in [0, 0.1) is 0 Å². The van der Waals surface area contributed by atoms with Crippen LogP contribution in [0.5, 0.6) is 0 Å². The minimum absolute atomic E-state index is 0.0897. The fourth-order valence-corrected chi connectivity index (χ4v) is 2.41. The highest BCUT2D eigenvalue weighted by molar-refractivity contribution is 6.08. The van der Waals surface area contributed by atoms with Crippen LogP contribution < -0.4 is 5.32 Å². The van der Waals surface area contributed by atoms with Crippen molar-refractivity contribution in [2.45, 2.75) is 24.9 Å². The third kappa shape index (κ3) is 3.65. The quantitative estimate of drug-likeness (QED) is 0.570. The Bertz CT molecular complexity index is 630. The normalized spacial score (nSPS) is 18.5. The van der Waals surface area contributed by atoms with E-state index in [9.17, 15) is 19.2 Å². The van der Waals surface area contributed by atoms with Gasteiger partial charge in [-0.15, -0.1) is 0 Å². The molecule has 3 amide bonds. The fraction of sp³-hybridized carbons (Fsp3) is 0.333. The lowest BCUT2D eigenvalue weighted by Gasteiger charge is -2.23. The Kier molecular flexibility index (Phi) is 4.95. The number of esters is 1. The number of nitrogens with one attached hydrogen (secondary N) is 1. The third-order valence-electron chi connectivity index (χ3n) is 3.49. The van der Waals surface area contributed by atoms with Crippen molar-refractivity contribution in [1.82, 2.24) is 10.2 Å². The summed E-state index contributed by atoms with van der Waals surface area (Å²) in [7, 11) is 1.16. The van der Waals surface area contributed by atoms with Gasteiger partial charge in [0.1, 0.15) is 12.1 Å². The molecule has 0 aromatic heterocycles. The second-order valence-corrected chi connectivity index (χ2v) is 5.04. The van der Waals surface area contributed by atoms with Crippen molar-refractivity contribution in [3.63, 3.8) is 0 Å². The van der Waals surface area contributed by atoms with Crippen LogP contribution in [0.25, 0.3) is 0 Å². The van der Waals surface area contributed by atoms with Crippen LogP contribution >= 0.6 is 0 Å². The molecule has 1 fully saturated rings. The second-order valence-electron chi connectivity index (χ2n) is 5.04. The summed E-state index contributed by atoms with van der Waals surface area (Å²) in [6.45, 7) is 0. The number of ether oxygens (including phenoxy) is 1. The number of benzene rings is 1. The molecule has 1 aliphatic rings. The average molecular weight is 320 g/mol. The number of imide groups is 1. The number of carboxylic acids is 1. The Balaban J connectivity index is 2.25. The average Bonchev–Trinajstić information content (AvgIpc) is 2.79. The van der Waals surface area contributed by atoms with E-state index in [4.69, 9.17) is 5.11 Å². The number of carbonyl (C=O) groups is 4. The van der Waals surface area contributed by atoms with E-state index in [0.717, 1.165) is 17.6 Å². The molecule has 23 heavy (non-hydrogen) atoms. The van der Waals surface area contributed by atoms with Crippen molar-refractivity contribution >= 4 is 23.9 Å². The molecule has 2 rings (SSSR count). The molecule has 8 heteroatoms. The molecule has 0 aliphatic carbocycles. The number of amides is 3. The maximum atomic E-state index is 12.3. The fourth-order valence-electron chi connectivity index (χ4n) is 2.41. The molecule has 2 atom stereocenters. The predicted octanol–water partition coefficient (Wildman–Crippen LogP) is 0.166. The number of aliphatic carboxylic acids is 1. The zero-order chi connectivity index (χ0) is 17.0. The van der Waals surface area contributed by atoms with E-state index in [1.54, 1.807) is 30.3 Å². The molecule has 122 valence electrons. The van der Waals surface area contributed by atoms with Crippen molar-refractivity contribution < 1.29 is 29.0 Å². The maximum absolute atomic E-state index is 12.3. The molecule has 1 heterocycles. The van der Waals surface area contributed by atoms with E-state index < -0.39 is 42.4 Å². The lowest BCUT2D eigenvalue weighted by molar-refractivity contribution is -0.150. The summed E-state index contributed by atoms with van der Waals surface area (Å²) in [6, 6.07) is 5.72. The van der Waals surface area contributed by atoms with E-state index in [1.807, 2.05) is 0 Å². The number of hydrogen-bond acceptors (Lipinski definition) is 5. The number of carboxylic acid groups (broad SMARTS) is 1. The standard InChI is InChI=1S/C15H16N2O6/c1-23-14(21)11(7-9-5-3-2-4-6-9)17-13(20)10(8-12(18)19)16-15(17)22/h2-6,10-11H,7-8H2,1H3,(H,16,22)(H,18,19)/t10-,11-/m0/s1. The van der Waals surface area contributed by atoms with Gasteiger partial charge in [0.2, 0.25) is 0 Å². The van der Waals surface area contributed by atoms with Gasteiger partial charge in [-0.1, -0.05) is 30.3 Å². The van der Waals surface area contributed by atoms with Gasteiger partial charge in [0.05, 0.1) is 13.5 Å². The lowest BCUT2D eigenvalue weighted by Crippen LogP contribution is -2.47. The minimum Gasteiger partial charge on any atom is -0.481 e. The van der Waals surface area contributed by atoms with Gasteiger partial charge >= 0.3 is 18.0 Å². The van der Waals surface area contributed by atoms with Gasteiger partial charge in [-0.05, 0) is 5.56 Å². The van der Waals surface area contributed by atoms with E-state index in [2.05, 4.69) is 10.1 Å². The van der Waals surface area contributed by atoms with Crippen LogP contribution in [0.1, 0.15) is 12.0 Å². The molecule has 0 saturated carbocycles. The van der Waals surface area contributed by atoms with Crippen LogP contribution in [0.4, 0.5) is 4.79 Å². The highest BCUT2D eigenvalue weighted by atomic mass is 16.5. The number of rotatable bonds is 6. The summed E-state index contributed by atoms with van der Waals surface area (Å²) in [6.07, 6.45) is -0.452. The highest BCUT2D eigenvalue weighted by Crippen LogP contribution is 2.18. The van der Waals surface area contributed by atoms with E-state index in [1.165, 1.54) is 0 Å². The topological polar surface area (TPSA) is 113 Å². The first-order chi connectivity index (χ1) is 10.9. The van der Waals surface area contributed by atoms with Gasteiger partial charge in [-0.3, -0.25) is 9.59 Å². The number of nitrogens with zero attached hydrogens (tertiary/aromatic N) is 1. The molecule has 0 unspecified atom stereocenters. The molecule has 8 nitrogen and oxygen atoms in total. The van der Waals surface area contributed by atoms with E-state index >= 15 is 0 Å². The Labute approximate surface area is 132 Å². The zero-order valence-corrected chi connectivity index (χ0v) is 12.4. The SMILES string of the molecule is COC(=O)[C@H](Cc1ccccc1)N1C(=O)N[C@@H](CC(=O)O)C1=O. The summed E-state index contributed by atoms with van der Waals surface area (Å²) < 4.78 is 4.68. The van der Waals surface area contributed by atoms with Crippen molar-refractivity contribution in [2.75, 3.05) is 7.11 Å². The summed E-state index contributed by atoms with van der Waals surface area (Å²) in [5.74, 6) is -2.71. The molecule has 2 N–H and O–H groups in total. The van der Waals surface area contributed by atoms with Gasteiger partial charge < -0.3 is 15.2 Å². The predicted molar refractivity (Wildman–Crippen MR) is 77.4 cm³/mol. The first kappa shape index (κ1) is 16.5. The molecule has 1 aliphatic heterocycles. The van der Waals surface area contributed by atoms with Crippen molar-refractivity contribution in [1.29, 1.82) is 0 Å². The largest absolute Gasteiger partial charge is 0.481 e. The number of methoxy groups -OCH3 is 1. The maximum Gasteiger partial charge on any atom is 0.329 e. The van der Waals surface area contributed by atoms with Gasteiger partial charge in [0.15, 0.2) is 0 Å². The molecule has 0 radical (unpaired) electrons. The Morgan fingerprint density at radius 1 is 1.30 bits per heavy atom. The lowest BCUT2D eigenvalue weighted by atomic mass is 10.0. The second kappa shape index (κ2) is 6.91. The van der Waals surface area contributed by atoms with Crippen LogP contribution in [0.3, 0.4) is 0 Å². The van der Waals surface area contributed by atoms with Crippen LogP contribution in [-0.4, -0.2) is 53.1 Å². The summed E-state index contributed by atoms with van der Waals surface area (Å²) in [4.78, 5) is 47.8. The first-order valence-corrected chi connectivity index (χ1v) is 6.91. The summed E-state index contributed by atoms with van der Waals surface area (Å²) >= 11 is 0. The molecule has 0 spiro atoms. The van der Waals surface area contributed by atoms with Crippen molar-refractivity contribution in [3.8, 4) is 0 Å².